The van der Waals surface area contributed by atoms with E-state index in [2.05, 4.69) is 13.8 Å². The van der Waals surface area contributed by atoms with Crippen molar-refractivity contribution in [3.8, 4) is 0 Å². The summed E-state index contributed by atoms with van der Waals surface area (Å²) in [5.74, 6) is 0.591. The fourth-order valence-electron chi connectivity index (χ4n) is 2.05. The van der Waals surface area contributed by atoms with Crippen LogP contribution in [0.15, 0.2) is 0 Å². The summed E-state index contributed by atoms with van der Waals surface area (Å²) in [6.45, 7) is 7.26. The molecule has 1 rings (SSSR count). The standard InChI is InChI=1S/C12H24O3/c1-9(2)12(10(3)8-13)15-11-6-4-5-7-14-11/h9-13H,4-8H2,1-3H3/t10-,11?,12-/m0/s1. The maximum Gasteiger partial charge on any atom is 0.157 e. The fraction of sp³-hybridized carbons (Fsp3) is 1.00. The Kier molecular flexibility index (Phi) is 5.58. The molecule has 0 saturated carbocycles. The van der Waals surface area contributed by atoms with Crippen LogP contribution >= 0.6 is 0 Å². The first kappa shape index (κ1) is 12.9. The number of aliphatic hydroxyl groups excluding tert-OH is 1. The third-order valence-corrected chi connectivity index (χ3v) is 2.95. The lowest BCUT2D eigenvalue weighted by Crippen LogP contribution is -2.36. The lowest BCUT2D eigenvalue weighted by Gasteiger charge is -2.32. The van der Waals surface area contributed by atoms with Gasteiger partial charge in [0, 0.05) is 19.1 Å². The van der Waals surface area contributed by atoms with Gasteiger partial charge in [0.2, 0.25) is 0 Å². The van der Waals surface area contributed by atoms with Gasteiger partial charge >= 0.3 is 0 Å². The molecule has 1 aliphatic rings. The van der Waals surface area contributed by atoms with Crippen molar-refractivity contribution < 1.29 is 14.6 Å². The summed E-state index contributed by atoms with van der Waals surface area (Å²) in [5.41, 5.74) is 0. The molecule has 1 unspecified atom stereocenters. The minimum Gasteiger partial charge on any atom is -0.396 e. The van der Waals surface area contributed by atoms with E-state index in [-0.39, 0.29) is 24.9 Å². The highest BCUT2D eigenvalue weighted by Crippen LogP contribution is 2.22. The second-order valence-corrected chi connectivity index (χ2v) is 4.80. The third-order valence-electron chi connectivity index (χ3n) is 2.95. The zero-order chi connectivity index (χ0) is 11.3. The van der Waals surface area contributed by atoms with Crippen molar-refractivity contribution in [3.05, 3.63) is 0 Å². The summed E-state index contributed by atoms with van der Waals surface area (Å²) in [7, 11) is 0. The van der Waals surface area contributed by atoms with Gasteiger partial charge in [0.1, 0.15) is 0 Å². The largest absolute Gasteiger partial charge is 0.396 e. The molecule has 1 aliphatic heterocycles. The van der Waals surface area contributed by atoms with Crippen LogP contribution < -0.4 is 0 Å². The van der Waals surface area contributed by atoms with Crippen LogP contribution in [-0.4, -0.2) is 30.7 Å². The smallest absolute Gasteiger partial charge is 0.157 e. The van der Waals surface area contributed by atoms with E-state index >= 15 is 0 Å². The molecule has 1 fully saturated rings. The fourth-order valence-corrected chi connectivity index (χ4v) is 2.05. The molecule has 90 valence electrons. The molecule has 1 N–H and O–H groups in total. The topological polar surface area (TPSA) is 38.7 Å². The highest BCUT2D eigenvalue weighted by molar-refractivity contribution is 4.70. The third kappa shape index (κ3) is 4.09. The van der Waals surface area contributed by atoms with Crippen LogP contribution in [0.1, 0.15) is 40.0 Å². The van der Waals surface area contributed by atoms with Gasteiger partial charge in [-0.3, -0.25) is 0 Å². The molecule has 0 aromatic carbocycles. The predicted octanol–water partition coefficient (Wildman–Crippen LogP) is 2.18. The van der Waals surface area contributed by atoms with E-state index in [1.807, 2.05) is 6.92 Å². The van der Waals surface area contributed by atoms with Crippen LogP contribution in [0.25, 0.3) is 0 Å². The lowest BCUT2D eigenvalue weighted by molar-refractivity contribution is -0.208. The number of ether oxygens (including phenoxy) is 2. The molecule has 0 spiro atoms. The molecular formula is C12H24O3. The molecule has 15 heavy (non-hydrogen) atoms. The van der Waals surface area contributed by atoms with Crippen molar-refractivity contribution in [2.45, 2.75) is 52.4 Å². The van der Waals surface area contributed by atoms with Crippen LogP contribution in [0.2, 0.25) is 0 Å². The van der Waals surface area contributed by atoms with Crippen molar-refractivity contribution in [1.82, 2.24) is 0 Å². The number of aliphatic hydroxyl groups is 1. The van der Waals surface area contributed by atoms with Crippen LogP contribution in [0.5, 0.6) is 0 Å². The summed E-state index contributed by atoms with van der Waals surface area (Å²) < 4.78 is 11.5. The molecular weight excluding hydrogens is 192 g/mol. The van der Waals surface area contributed by atoms with E-state index in [0.717, 1.165) is 19.4 Å². The molecule has 1 heterocycles. The number of hydrogen-bond acceptors (Lipinski definition) is 3. The summed E-state index contributed by atoms with van der Waals surface area (Å²) in [5, 5.41) is 9.16. The first-order valence-electron chi connectivity index (χ1n) is 6.03. The maximum atomic E-state index is 9.16. The SMILES string of the molecule is CC(C)[C@H](OC1CCCCO1)[C@@H](C)CO. The van der Waals surface area contributed by atoms with Crippen molar-refractivity contribution in [2.24, 2.45) is 11.8 Å². The van der Waals surface area contributed by atoms with Gasteiger partial charge in [-0.25, -0.2) is 0 Å². The van der Waals surface area contributed by atoms with Gasteiger partial charge in [-0.2, -0.15) is 0 Å². The number of hydrogen-bond donors (Lipinski definition) is 1. The van der Waals surface area contributed by atoms with Crippen molar-refractivity contribution in [3.63, 3.8) is 0 Å². The molecule has 0 aromatic heterocycles. The Balaban J connectivity index is 2.42. The highest BCUT2D eigenvalue weighted by Gasteiger charge is 2.26. The lowest BCUT2D eigenvalue weighted by atomic mass is 9.95. The van der Waals surface area contributed by atoms with Crippen molar-refractivity contribution in [2.75, 3.05) is 13.2 Å². The van der Waals surface area contributed by atoms with Gasteiger partial charge in [0.05, 0.1) is 6.10 Å². The zero-order valence-corrected chi connectivity index (χ0v) is 10.1. The minimum atomic E-state index is -0.0554. The van der Waals surface area contributed by atoms with E-state index in [0.29, 0.717) is 5.92 Å². The maximum absolute atomic E-state index is 9.16. The minimum absolute atomic E-state index is 0.0554. The molecule has 0 aromatic rings. The summed E-state index contributed by atoms with van der Waals surface area (Å²) >= 11 is 0. The average Bonchev–Trinajstić information content (AvgIpc) is 2.26. The van der Waals surface area contributed by atoms with Crippen molar-refractivity contribution in [1.29, 1.82) is 0 Å². The highest BCUT2D eigenvalue weighted by atomic mass is 16.7. The first-order chi connectivity index (χ1) is 7.15. The van der Waals surface area contributed by atoms with Gasteiger partial charge in [-0.05, 0) is 25.2 Å². The Morgan fingerprint density at radius 1 is 1.33 bits per heavy atom. The summed E-state index contributed by atoms with van der Waals surface area (Å²) in [6, 6.07) is 0. The zero-order valence-electron chi connectivity index (χ0n) is 10.1. The van der Waals surface area contributed by atoms with E-state index < -0.39 is 0 Å². The average molecular weight is 216 g/mol. The molecule has 1 saturated heterocycles. The van der Waals surface area contributed by atoms with E-state index in [1.54, 1.807) is 0 Å². The van der Waals surface area contributed by atoms with Gasteiger partial charge < -0.3 is 14.6 Å². The molecule has 0 radical (unpaired) electrons. The van der Waals surface area contributed by atoms with Crippen LogP contribution in [-0.2, 0) is 9.47 Å². The molecule has 3 heteroatoms. The second-order valence-electron chi connectivity index (χ2n) is 4.80. The summed E-state index contributed by atoms with van der Waals surface area (Å²) in [6.07, 6.45) is 3.35. The predicted molar refractivity (Wildman–Crippen MR) is 59.6 cm³/mol. The Morgan fingerprint density at radius 2 is 2.07 bits per heavy atom. The van der Waals surface area contributed by atoms with Gasteiger partial charge in [-0.15, -0.1) is 0 Å². The Bertz CT molecular complexity index is 164. The van der Waals surface area contributed by atoms with E-state index in [9.17, 15) is 0 Å². The molecule has 0 amide bonds. The van der Waals surface area contributed by atoms with Crippen LogP contribution in [0.4, 0.5) is 0 Å². The molecule has 3 atom stereocenters. The Hall–Kier alpha value is -0.120. The Morgan fingerprint density at radius 3 is 2.53 bits per heavy atom. The monoisotopic (exact) mass is 216 g/mol. The normalized spacial score (nSPS) is 26.6. The van der Waals surface area contributed by atoms with Crippen LogP contribution in [0.3, 0.4) is 0 Å². The quantitative estimate of drug-likeness (QED) is 0.765. The Labute approximate surface area is 92.8 Å². The van der Waals surface area contributed by atoms with Gasteiger partial charge in [0.25, 0.3) is 0 Å². The second kappa shape index (κ2) is 6.46. The molecule has 3 nitrogen and oxygen atoms in total. The molecule has 0 aliphatic carbocycles. The number of rotatable bonds is 5. The van der Waals surface area contributed by atoms with E-state index in [4.69, 9.17) is 14.6 Å². The van der Waals surface area contributed by atoms with Crippen molar-refractivity contribution >= 4 is 0 Å². The van der Waals surface area contributed by atoms with Gasteiger partial charge in [0.15, 0.2) is 6.29 Å². The van der Waals surface area contributed by atoms with Gasteiger partial charge in [-0.1, -0.05) is 20.8 Å². The van der Waals surface area contributed by atoms with Crippen LogP contribution in [0, 0.1) is 11.8 Å². The molecule has 0 bridgehead atoms. The van der Waals surface area contributed by atoms with E-state index in [1.165, 1.54) is 6.42 Å². The first-order valence-corrected chi connectivity index (χ1v) is 6.03. The summed E-state index contributed by atoms with van der Waals surface area (Å²) in [4.78, 5) is 0.